The van der Waals surface area contributed by atoms with Crippen molar-refractivity contribution in [1.82, 2.24) is 5.32 Å². The Hall–Kier alpha value is -0.580. The molecular weight excluding hydrogens is 279 g/mol. The zero-order valence-corrected chi connectivity index (χ0v) is 10.6. The smallest absolute Gasteiger partial charge is 0.234 e. The maximum atomic E-state index is 10.8. The van der Waals surface area contributed by atoms with Gasteiger partial charge < -0.3 is 11.1 Å². The minimum absolute atomic E-state index is 0.334. The number of hydrogen-bond donors (Lipinski definition) is 2. The first-order chi connectivity index (χ1) is 7.00. The first kappa shape index (κ1) is 12.5. The van der Waals surface area contributed by atoms with Crippen molar-refractivity contribution in [1.29, 1.82) is 0 Å². The van der Waals surface area contributed by atoms with Crippen LogP contribution in [-0.4, -0.2) is 11.9 Å². The third-order valence-corrected chi connectivity index (χ3v) is 3.24. The highest BCUT2D eigenvalue weighted by Crippen LogP contribution is 2.23. The van der Waals surface area contributed by atoms with E-state index in [9.17, 15) is 4.79 Å². The number of rotatable bonds is 4. The van der Waals surface area contributed by atoms with Crippen LogP contribution in [0.2, 0.25) is 5.02 Å². The van der Waals surface area contributed by atoms with Crippen LogP contribution in [0.4, 0.5) is 0 Å². The third-order valence-electron chi connectivity index (χ3n) is 2.02. The molecule has 82 valence electrons. The van der Waals surface area contributed by atoms with Crippen molar-refractivity contribution >= 4 is 33.4 Å². The highest BCUT2D eigenvalue weighted by atomic mass is 79.9. The van der Waals surface area contributed by atoms with Gasteiger partial charge in [0.2, 0.25) is 5.91 Å². The Kier molecular flexibility index (Phi) is 4.57. The number of nitrogens with two attached hydrogens (primary N) is 1. The van der Waals surface area contributed by atoms with E-state index in [-0.39, 0.29) is 11.9 Å². The molecule has 0 aliphatic carbocycles. The average molecular weight is 292 g/mol. The van der Waals surface area contributed by atoms with Crippen molar-refractivity contribution in [2.24, 2.45) is 5.73 Å². The second-order valence-corrected chi connectivity index (χ2v) is 4.51. The molecule has 0 spiro atoms. The van der Waals surface area contributed by atoms with Gasteiger partial charge in [-0.3, -0.25) is 4.79 Å². The lowest BCUT2D eigenvalue weighted by Crippen LogP contribution is -2.38. The lowest BCUT2D eigenvalue weighted by Gasteiger charge is -2.10. The molecule has 0 saturated heterocycles. The second kappa shape index (κ2) is 5.49. The molecule has 0 bridgehead atoms. The molecule has 3 N–H and O–H groups in total. The summed E-state index contributed by atoms with van der Waals surface area (Å²) in [5, 5.41) is 3.67. The van der Waals surface area contributed by atoms with E-state index in [1.54, 1.807) is 13.0 Å². The van der Waals surface area contributed by atoms with Crippen LogP contribution in [0.1, 0.15) is 12.5 Å². The van der Waals surface area contributed by atoms with E-state index >= 15 is 0 Å². The number of nitrogens with one attached hydrogen (secondary N) is 1. The molecule has 0 unspecified atom stereocenters. The lowest BCUT2D eigenvalue weighted by molar-refractivity contribution is -0.119. The van der Waals surface area contributed by atoms with E-state index in [1.807, 2.05) is 12.1 Å². The van der Waals surface area contributed by atoms with Crippen LogP contribution < -0.4 is 11.1 Å². The molecule has 1 rings (SSSR count). The van der Waals surface area contributed by atoms with Crippen molar-refractivity contribution in [2.45, 2.75) is 19.5 Å². The highest BCUT2D eigenvalue weighted by molar-refractivity contribution is 9.10. The fourth-order valence-electron chi connectivity index (χ4n) is 1.02. The predicted molar refractivity (Wildman–Crippen MR) is 64.6 cm³/mol. The minimum Gasteiger partial charge on any atom is -0.368 e. The van der Waals surface area contributed by atoms with E-state index in [0.717, 1.165) is 10.0 Å². The van der Waals surface area contributed by atoms with Gasteiger partial charge in [0.15, 0.2) is 0 Å². The van der Waals surface area contributed by atoms with Crippen LogP contribution >= 0.6 is 27.5 Å². The predicted octanol–water partition coefficient (Wildman–Crippen LogP) is 2.07. The van der Waals surface area contributed by atoms with Gasteiger partial charge in [0, 0.05) is 11.0 Å². The summed E-state index contributed by atoms with van der Waals surface area (Å²) in [5.41, 5.74) is 6.16. The molecule has 0 aliphatic rings. The maximum Gasteiger partial charge on any atom is 0.234 e. The Morgan fingerprint density at radius 3 is 2.87 bits per heavy atom. The number of primary amides is 1. The number of amides is 1. The molecule has 1 aromatic carbocycles. The van der Waals surface area contributed by atoms with Gasteiger partial charge in [0.05, 0.1) is 11.1 Å². The Balaban J connectivity index is 2.58. The molecule has 0 radical (unpaired) electrons. The van der Waals surface area contributed by atoms with Crippen molar-refractivity contribution in [3.8, 4) is 0 Å². The zero-order valence-electron chi connectivity index (χ0n) is 8.26. The number of benzene rings is 1. The molecule has 0 fully saturated rings. The van der Waals surface area contributed by atoms with Gasteiger partial charge >= 0.3 is 0 Å². The normalized spacial score (nSPS) is 12.5. The van der Waals surface area contributed by atoms with Gasteiger partial charge in [-0.2, -0.15) is 0 Å². The highest BCUT2D eigenvalue weighted by Gasteiger charge is 2.07. The maximum absolute atomic E-state index is 10.8. The molecule has 0 saturated carbocycles. The Morgan fingerprint density at radius 2 is 2.33 bits per heavy atom. The topological polar surface area (TPSA) is 55.1 Å². The lowest BCUT2D eigenvalue weighted by atomic mass is 10.2. The van der Waals surface area contributed by atoms with E-state index in [1.165, 1.54) is 0 Å². The van der Waals surface area contributed by atoms with Gasteiger partial charge in [-0.1, -0.05) is 17.7 Å². The summed E-state index contributed by atoms with van der Waals surface area (Å²) >= 11 is 9.18. The van der Waals surface area contributed by atoms with Crippen molar-refractivity contribution in [3.63, 3.8) is 0 Å². The number of carbonyl (C=O) groups is 1. The summed E-state index contributed by atoms with van der Waals surface area (Å²) in [4.78, 5) is 10.8. The van der Waals surface area contributed by atoms with Crippen molar-refractivity contribution in [2.75, 3.05) is 0 Å². The quantitative estimate of drug-likeness (QED) is 0.892. The largest absolute Gasteiger partial charge is 0.368 e. The number of hydrogen-bond acceptors (Lipinski definition) is 2. The van der Waals surface area contributed by atoms with E-state index in [4.69, 9.17) is 17.3 Å². The summed E-state index contributed by atoms with van der Waals surface area (Å²) < 4.78 is 0.843. The third kappa shape index (κ3) is 3.81. The Labute approximate surface area is 102 Å². The molecule has 0 aromatic heterocycles. The summed E-state index contributed by atoms with van der Waals surface area (Å²) in [6, 6.07) is 5.27. The Bertz CT molecular complexity index is 370. The Morgan fingerprint density at radius 1 is 1.67 bits per heavy atom. The SMILES string of the molecule is C[C@H](NCc1ccc(Cl)c(Br)c1)C(N)=O. The van der Waals surface area contributed by atoms with Crippen LogP contribution in [0.15, 0.2) is 22.7 Å². The summed E-state index contributed by atoms with van der Waals surface area (Å²) in [6.45, 7) is 2.31. The summed E-state index contributed by atoms with van der Waals surface area (Å²) in [7, 11) is 0. The van der Waals surface area contributed by atoms with Crippen molar-refractivity contribution in [3.05, 3.63) is 33.3 Å². The fourth-order valence-corrected chi connectivity index (χ4v) is 1.56. The minimum atomic E-state index is -0.358. The van der Waals surface area contributed by atoms with Gasteiger partial charge in [0.25, 0.3) is 0 Å². The summed E-state index contributed by atoms with van der Waals surface area (Å²) in [6.07, 6.45) is 0. The molecule has 1 atom stereocenters. The molecule has 1 amide bonds. The van der Waals surface area contributed by atoms with E-state index < -0.39 is 0 Å². The molecule has 0 heterocycles. The van der Waals surface area contributed by atoms with Gasteiger partial charge in [-0.05, 0) is 40.5 Å². The first-order valence-corrected chi connectivity index (χ1v) is 5.64. The summed E-state index contributed by atoms with van der Waals surface area (Å²) in [5.74, 6) is -0.358. The number of carbonyl (C=O) groups excluding carboxylic acids is 1. The fraction of sp³-hybridized carbons (Fsp3) is 0.300. The van der Waals surface area contributed by atoms with E-state index in [2.05, 4.69) is 21.2 Å². The zero-order chi connectivity index (χ0) is 11.4. The molecule has 3 nitrogen and oxygen atoms in total. The van der Waals surface area contributed by atoms with Gasteiger partial charge in [-0.15, -0.1) is 0 Å². The monoisotopic (exact) mass is 290 g/mol. The van der Waals surface area contributed by atoms with E-state index in [0.29, 0.717) is 11.6 Å². The molecular formula is C10H12BrClN2O. The van der Waals surface area contributed by atoms with Gasteiger partial charge in [-0.25, -0.2) is 0 Å². The van der Waals surface area contributed by atoms with Gasteiger partial charge in [0.1, 0.15) is 0 Å². The molecule has 5 heteroatoms. The first-order valence-electron chi connectivity index (χ1n) is 4.47. The van der Waals surface area contributed by atoms with Crippen LogP contribution in [-0.2, 0) is 11.3 Å². The molecule has 1 aromatic rings. The molecule has 0 aliphatic heterocycles. The molecule has 15 heavy (non-hydrogen) atoms. The van der Waals surface area contributed by atoms with Crippen LogP contribution in [0.25, 0.3) is 0 Å². The second-order valence-electron chi connectivity index (χ2n) is 3.25. The van der Waals surface area contributed by atoms with Crippen molar-refractivity contribution < 1.29 is 4.79 Å². The number of halogens is 2. The van der Waals surface area contributed by atoms with Crippen LogP contribution in [0.5, 0.6) is 0 Å². The van der Waals surface area contributed by atoms with Crippen LogP contribution in [0.3, 0.4) is 0 Å². The van der Waals surface area contributed by atoms with Crippen LogP contribution in [0, 0.1) is 0 Å². The average Bonchev–Trinajstić information content (AvgIpc) is 2.19. The standard InChI is InChI=1S/C10H12BrClN2O/c1-6(10(13)15)14-5-7-2-3-9(12)8(11)4-7/h2-4,6,14H,5H2,1H3,(H2,13,15)/t6-/m0/s1.